The van der Waals surface area contributed by atoms with E-state index in [1.54, 1.807) is 60.7 Å². The smallest absolute Gasteiger partial charge is 0.367 e. The van der Waals surface area contributed by atoms with Crippen LogP contribution < -0.4 is 5.32 Å². The van der Waals surface area contributed by atoms with Crippen molar-refractivity contribution in [1.29, 1.82) is 0 Å². The van der Waals surface area contributed by atoms with Crippen LogP contribution in [0, 0.1) is 0 Å². The Balaban J connectivity index is 2.11. The highest BCUT2D eigenvalue weighted by atomic mass is 16.7. The molecule has 6 atom stereocenters. The van der Waals surface area contributed by atoms with Crippen LogP contribution in [0.2, 0.25) is 0 Å². The topological polar surface area (TPSA) is 173 Å². The third-order valence-corrected chi connectivity index (χ3v) is 6.77. The number of benzene rings is 2. The van der Waals surface area contributed by atoms with Gasteiger partial charge in [-0.1, -0.05) is 60.7 Å². The molecule has 3 rings (SSSR count). The molecule has 1 heterocycles. The van der Waals surface area contributed by atoms with Gasteiger partial charge in [0.05, 0.1) is 12.5 Å². The molecule has 1 saturated heterocycles. The molecular weight excluding hydrogens is 578 g/mol. The second-order valence-corrected chi connectivity index (χ2v) is 10.2. The van der Waals surface area contributed by atoms with Crippen molar-refractivity contribution in [3.63, 3.8) is 0 Å². The molecular formula is C31H37NO12. The first kappa shape index (κ1) is 34.2. The van der Waals surface area contributed by atoms with Crippen LogP contribution >= 0.6 is 0 Å². The van der Waals surface area contributed by atoms with Crippen molar-refractivity contribution in [2.45, 2.75) is 76.5 Å². The van der Waals surface area contributed by atoms with Crippen molar-refractivity contribution in [3.05, 3.63) is 71.8 Å². The summed E-state index contributed by atoms with van der Waals surface area (Å²) in [6, 6.07) is 16.5. The van der Waals surface area contributed by atoms with E-state index in [0.29, 0.717) is 11.1 Å². The fraction of sp³-hybridized carbons (Fsp3) is 0.452. The van der Waals surface area contributed by atoms with E-state index in [4.69, 9.17) is 28.4 Å². The van der Waals surface area contributed by atoms with Gasteiger partial charge in [-0.15, -0.1) is 0 Å². The molecule has 13 heteroatoms. The van der Waals surface area contributed by atoms with Crippen LogP contribution in [0.4, 0.5) is 0 Å². The number of amides is 1. The lowest BCUT2D eigenvalue weighted by atomic mass is 9.88. The minimum Gasteiger partial charge on any atom is -0.463 e. The van der Waals surface area contributed by atoms with Crippen LogP contribution in [0.5, 0.6) is 0 Å². The Kier molecular flexibility index (Phi) is 12.0. The zero-order valence-electron chi connectivity index (χ0n) is 25.1. The van der Waals surface area contributed by atoms with Gasteiger partial charge in [0.25, 0.3) is 5.79 Å². The molecule has 2 N–H and O–H groups in total. The fourth-order valence-corrected chi connectivity index (χ4v) is 4.93. The Bertz CT molecular complexity index is 1260. The summed E-state index contributed by atoms with van der Waals surface area (Å²) in [5.41, 5.74) is 1.26. The van der Waals surface area contributed by atoms with Crippen molar-refractivity contribution in [2.75, 3.05) is 13.7 Å². The minimum atomic E-state index is -2.29. The molecule has 13 nitrogen and oxygen atoms in total. The number of nitrogens with one attached hydrogen (secondary N) is 1. The standard InChI is InChI=1S/C31H37NO12/c1-18(33)32-26-25(41-20(3)35)16-31(39-5,44-29(26)28(42-21(4)36)24(37)17-40-19(2)34)30(38)43-27(22-12-8-6-9-13-22)23-14-10-7-11-15-23/h6-15,24-29,37H,16-17H2,1-5H3,(H,32,33)/t24-,25+,26-,28-,29-,31+/m1/s1. The average molecular weight is 616 g/mol. The Morgan fingerprint density at radius 2 is 1.45 bits per heavy atom. The maximum Gasteiger partial charge on any atom is 0.367 e. The molecule has 2 aromatic rings. The van der Waals surface area contributed by atoms with Gasteiger partial charge in [-0.3, -0.25) is 19.2 Å². The van der Waals surface area contributed by atoms with Crippen LogP contribution in [-0.2, 0) is 52.4 Å². The summed E-state index contributed by atoms with van der Waals surface area (Å²) in [5.74, 6) is -6.26. The van der Waals surface area contributed by atoms with Gasteiger partial charge in [0.15, 0.2) is 12.2 Å². The predicted octanol–water partition coefficient (Wildman–Crippen LogP) is 1.74. The number of aliphatic hydroxyl groups excluding tert-OH is 1. The summed E-state index contributed by atoms with van der Waals surface area (Å²) in [5, 5.41) is 13.6. The number of ether oxygens (including phenoxy) is 6. The molecule has 0 radical (unpaired) electrons. The summed E-state index contributed by atoms with van der Waals surface area (Å²) in [6.45, 7) is 3.86. The monoisotopic (exact) mass is 615 g/mol. The Morgan fingerprint density at radius 1 is 0.886 bits per heavy atom. The number of hydrogen-bond acceptors (Lipinski definition) is 12. The number of aliphatic hydroxyl groups is 1. The molecule has 0 saturated carbocycles. The lowest BCUT2D eigenvalue weighted by molar-refractivity contribution is -0.309. The summed E-state index contributed by atoms with van der Waals surface area (Å²) in [6.07, 6.45) is -7.60. The number of methoxy groups -OCH3 is 1. The zero-order valence-corrected chi connectivity index (χ0v) is 25.1. The molecule has 238 valence electrons. The van der Waals surface area contributed by atoms with Crippen molar-refractivity contribution in [2.24, 2.45) is 0 Å². The number of carbonyl (C=O) groups excluding carboxylic acids is 5. The van der Waals surface area contributed by atoms with Gasteiger partial charge in [0.2, 0.25) is 5.91 Å². The zero-order chi connectivity index (χ0) is 32.4. The SMILES string of the molecule is CO[C@@]1(C(=O)OC(c2ccccc2)c2ccccc2)C[C@H](OC(C)=O)[C@@H](NC(C)=O)[C@H]([C@H](OC(C)=O)[C@H](O)COC(C)=O)O1. The second kappa shape index (κ2) is 15.4. The van der Waals surface area contributed by atoms with E-state index in [-0.39, 0.29) is 0 Å². The van der Waals surface area contributed by atoms with Crippen molar-refractivity contribution < 1.29 is 57.5 Å². The first-order valence-electron chi connectivity index (χ1n) is 13.8. The van der Waals surface area contributed by atoms with E-state index in [1.165, 1.54) is 6.92 Å². The first-order chi connectivity index (χ1) is 20.9. The predicted molar refractivity (Wildman–Crippen MR) is 151 cm³/mol. The van der Waals surface area contributed by atoms with Crippen molar-refractivity contribution in [1.82, 2.24) is 5.32 Å². The molecule has 0 spiro atoms. The summed E-state index contributed by atoms with van der Waals surface area (Å²) in [4.78, 5) is 62.2. The van der Waals surface area contributed by atoms with Gasteiger partial charge >= 0.3 is 23.9 Å². The highest BCUT2D eigenvalue weighted by molar-refractivity contribution is 5.79. The Morgan fingerprint density at radius 3 is 1.91 bits per heavy atom. The molecule has 2 aromatic carbocycles. The molecule has 0 aliphatic carbocycles. The number of rotatable bonds is 12. The van der Waals surface area contributed by atoms with Gasteiger partial charge in [0, 0.05) is 34.8 Å². The van der Waals surface area contributed by atoms with Crippen molar-refractivity contribution in [3.8, 4) is 0 Å². The van der Waals surface area contributed by atoms with Gasteiger partial charge in [0.1, 0.15) is 24.9 Å². The van der Waals surface area contributed by atoms with E-state index in [2.05, 4.69) is 5.32 Å². The summed E-state index contributed by atoms with van der Waals surface area (Å²) in [7, 11) is 1.16. The normalized spacial score (nSPS) is 22.7. The highest BCUT2D eigenvalue weighted by Crippen LogP contribution is 2.38. The summed E-state index contributed by atoms with van der Waals surface area (Å²) >= 11 is 0. The van der Waals surface area contributed by atoms with Crippen LogP contribution in [0.3, 0.4) is 0 Å². The summed E-state index contributed by atoms with van der Waals surface area (Å²) < 4.78 is 33.7. The molecule has 1 aliphatic heterocycles. The Labute approximate surface area is 254 Å². The average Bonchev–Trinajstić information content (AvgIpc) is 2.98. The lowest BCUT2D eigenvalue weighted by Crippen LogP contribution is -2.69. The van der Waals surface area contributed by atoms with Crippen LogP contribution in [0.15, 0.2) is 60.7 Å². The molecule has 0 aromatic heterocycles. The van der Waals surface area contributed by atoms with Gasteiger partial charge in [-0.2, -0.15) is 0 Å². The largest absolute Gasteiger partial charge is 0.463 e. The van der Waals surface area contributed by atoms with Crippen LogP contribution in [-0.4, -0.2) is 84.9 Å². The van der Waals surface area contributed by atoms with Gasteiger partial charge in [-0.25, -0.2) is 4.79 Å². The third-order valence-electron chi connectivity index (χ3n) is 6.77. The lowest BCUT2D eigenvalue weighted by Gasteiger charge is -2.48. The number of esters is 4. The minimum absolute atomic E-state index is 0.452. The molecule has 0 bridgehead atoms. The maximum atomic E-state index is 14.1. The van der Waals surface area contributed by atoms with E-state index in [9.17, 15) is 29.1 Å². The third kappa shape index (κ3) is 8.85. The fourth-order valence-electron chi connectivity index (χ4n) is 4.93. The van der Waals surface area contributed by atoms with E-state index < -0.39 is 85.2 Å². The van der Waals surface area contributed by atoms with Gasteiger partial charge in [-0.05, 0) is 11.1 Å². The van der Waals surface area contributed by atoms with Crippen molar-refractivity contribution >= 4 is 29.8 Å². The van der Waals surface area contributed by atoms with Gasteiger partial charge < -0.3 is 38.8 Å². The van der Waals surface area contributed by atoms with E-state index in [0.717, 1.165) is 27.9 Å². The van der Waals surface area contributed by atoms with E-state index >= 15 is 0 Å². The highest BCUT2D eigenvalue weighted by Gasteiger charge is 2.58. The number of carbonyl (C=O) groups is 5. The molecule has 0 unspecified atom stereocenters. The quantitative estimate of drug-likeness (QED) is 0.262. The van der Waals surface area contributed by atoms with Crippen LogP contribution in [0.25, 0.3) is 0 Å². The maximum absolute atomic E-state index is 14.1. The first-order valence-corrected chi connectivity index (χ1v) is 13.8. The molecule has 1 aliphatic rings. The second-order valence-electron chi connectivity index (χ2n) is 10.2. The molecule has 44 heavy (non-hydrogen) atoms. The van der Waals surface area contributed by atoms with Crippen LogP contribution in [0.1, 0.15) is 51.3 Å². The number of hydrogen-bond donors (Lipinski definition) is 2. The molecule has 1 fully saturated rings. The Hall–Kier alpha value is -4.33. The molecule has 1 amide bonds. The van der Waals surface area contributed by atoms with E-state index in [1.807, 2.05) is 0 Å².